The number of carbonyl (C=O) groups is 1. The van der Waals surface area contributed by atoms with Crippen LogP contribution in [-0.4, -0.2) is 27.7 Å². The summed E-state index contributed by atoms with van der Waals surface area (Å²) in [7, 11) is 0. The van der Waals surface area contributed by atoms with Crippen LogP contribution in [0.1, 0.15) is 16.4 Å². The van der Waals surface area contributed by atoms with Crippen molar-refractivity contribution in [2.75, 3.05) is 0 Å². The lowest BCUT2D eigenvalue weighted by Gasteiger charge is -2.05. The second-order valence-corrected chi connectivity index (χ2v) is 3.43. The standard InChI is InChI=1S/C11H8F2N2O5/c12-11(13)20-8-2-1-6(3-14-8)18-5-9-15-7(4-19-9)10(16)17/h1-4,11H,5H2,(H,16,17). The van der Waals surface area contributed by atoms with E-state index in [9.17, 15) is 13.6 Å². The van der Waals surface area contributed by atoms with E-state index in [0.29, 0.717) is 0 Å². The van der Waals surface area contributed by atoms with Crippen LogP contribution in [0.4, 0.5) is 8.78 Å². The molecule has 0 spiro atoms. The van der Waals surface area contributed by atoms with Crippen molar-refractivity contribution in [3.05, 3.63) is 36.2 Å². The Morgan fingerprint density at radius 2 is 2.25 bits per heavy atom. The predicted octanol–water partition coefficient (Wildman–Crippen LogP) is 1.95. The van der Waals surface area contributed by atoms with E-state index >= 15 is 0 Å². The Labute approximate surface area is 110 Å². The fraction of sp³-hybridized carbons (Fsp3) is 0.182. The Morgan fingerprint density at radius 1 is 1.45 bits per heavy atom. The lowest BCUT2D eigenvalue weighted by Crippen LogP contribution is -2.03. The number of carboxylic acid groups (broad SMARTS) is 1. The van der Waals surface area contributed by atoms with E-state index in [4.69, 9.17) is 14.3 Å². The van der Waals surface area contributed by atoms with Gasteiger partial charge in [0.1, 0.15) is 12.0 Å². The van der Waals surface area contributed by atoms with Crippen LogP contribution in [0.15, 0.2) is 29.0 Å². The number of ether oxygens (including phenoxy) is 2. The van der Waals surface area contributed by atoms with Gasteiger partial charge in [0.05, 0.1) is 6.20 Å². The van der Waals surface area contributed by atoms with Gasteiger partial charge in [0.2, 0.25) is 11.8 Å². The molecule has 1 N–H and O–H groups in total. The molecule has 7 nitrogen and oxygen atoms in total. The lowest BCUT2D eigenvalue weighted by atomic mass is 10.4. The summed E-state index contributed by atoms with van der Waals surface area (Å²) in [5.41, 5.74) is -0.234. The highest BCUT2D eigenvalue weighted by molar-refractivity contribution is 5.84. The number of oxazole rings is 1. The Hall–Kier alpha value is -2.71. The molecule has 2 aromatic heterocycles. The zero-order valence-corrected chi connectivity index (χ0v) is 9.82. The van der Waals surface area contributed by atoms with Gasteiger partial charge in [-0.2, -0.15) is 8.78 Å². The van der Waals surface area contributed by atoms with Crippen molar-refractivity contribution in [3.8, 4) is 11.6 Å². The van der Waals surface area contributed by atoms with Crippen LogP contribution in [0.3, 0.4) is 0 Å². The number of aromatic nitrogens is 2. The first-order valence-corrected chi connectivity index (χ1v) is 5.26. The van der Waals surface area contributed by atoms with Gasteiger partial charge in [-0.05, 0) is 6.07 Å². The number of carboxylic acids is 1. The number of pyridine rings is 1. The van der Waals surface area contributed by atoms with Crippen LogP contribution in [0.5, 0.6) is 11.6 Å². The number of hydrogen-bond donors (Lipinski definition) is 1. The van der Waals surface area contributed by atoms with E-state index in [-0.39, 0.29) is 29.8 Å². The molecular formula is C11H8F2N2O5. The predicted molar refractivity (Wildman–Crippen MR) is 58.7 cm³/mol. The molecule has 20 heavy (non-hydrogen) atoms. The Morgan fingerprint density at radius 3 is 2.80 bits per heavy atom. The summed E-state index contributed by atoms with van der Waals surface area (Å²) in [6, 6.07) is 2.57. The SMILES string of the molecule is O=C(O)c1coc(COc2ccc(OC(F)F)nc2)n1. The van der Waals surface area contributed by atoms with Gasteiger partial charge in [0.25, 0.3) is 0 Å². The first-order valence-electron chi connectivity index (χ1n) is 5.26. The number of hydrogen-bond acceptors (Lipinski definition) is 6. The highest BCUT2D eigenvalue weighted by Crippen LogP contribution is 2.16. The topological polar surface area (TPSA) is 94.7 Å². The number of aromatic carboxylic acids is 1. The quantitative estimate of drug-likeness (QED) is 0.867. The first kappa shape index (κ1) is 13.7. The molecule has 0 amide bonds. The van der Waals surface area contributed by atoms with Gasteiger partial charge in [0, 0.05) is 6.07 Å². The van der Waals surface area contributed by atoms with Crippen molar-refractivity contribution >= 4 is 5.97 Å². The average Bonchev–Trinajstić information content (AvgIpc) is 2.86. The molecule has 9 heteroatoms. The summed E-state index contributed by atoms with van der Waals surface area (Å²) in [6.45, 7) is -3.07. The lowest BCUT2D eigenvalue weighted by molar-refractivity contribution is -0.0529. The molecular weight excluding hydrogens is 278 g/mol. The van der Waals surface area contributed by atoms with Crippen molar-refractivity contribution in [1.82, 2.24) is 9.97 Å². The third-order valence-electron chi connectivity index (χ3n) is 2.05. The maximum atomic E-state index is 11.9. The van der Waals surface area contributed by atoms with Gasteiger partial charge < -0.3 is 19.0 Å². The third-order valence-corrected chi connectivity index (χ3v) is 2.05. The highest BCUT2D eigenvalue weighted by Gasteiger charge is 2.11. The van der Waals surface area contributed by atoms with Crippen molar-refractivity contribution in [3.63, 3.8) is 0 Å². The van der Waals surface area contributed by atoms with Crippen LogP contribution < -0.4 is 9.47 Å². The zero-order valence-electron chi connectivity index (χ0n) is 9.82. The molecule has 0 aliphatic rings. The minimum absolute atomic E-state index is 0.0651. The van der Waals surface area contributed by atoms with Crippen molar-refractivity contribution in [2.45, 2.75) is 13.2 Å². The van der Waals surface area contributed by atoms with E-state index in [0.717, 1.165) is 6.26 Å². The minimum Gasteiger partial charge on any atom is -0.482 e. The summed E-state index contributed by atoms with van der Waals surface area (Å²) < 4.78 is 37.9. The number of halogens is 2. The molecule has 0 atom stereocenters. The number of alkyl halides is 2. The molecule has 106 valence electrons. The van der Waals surface area contributed by atoms with Crippen LogP contribution in [0.25, 0.3) is 0 Å². The number of nitrogens with zero attached hydrogens (tertiary/aromatic N) is 2. The summed E-state index contributed by atoms with van der Waals surface area (Å²) in [6.07, 6.45) is 2.16. The minimum atomic E-state index is -2.95. The molecule has 0 aromatic carbocycles. The van der Waals surface area contributed by atoms with Crippen LogP contribution in [0, 0.1) is 0 Å². The van der Waals surface area contributed by atoms with Crippen LogP contribution >= 0.6 is 0 Å². The average molecular weight is 286 g/mol. The summed E-state index contributed by atoms with van der Waals surface area (Å²) in [5, 5.41) is 8.64. The normalized spacial score (nSPS) is 10.6. The van der Waals surface area contributed by atoms with Crippen molar-refractivity contribution in [2.24, 2.45) is 0 Å². The summed E-state index contributed by atoms with van der Waals surface area (Å²) in [4.78, 5) is 17.8. The van der Waals surface area contributed by atoms with Crippen molar-refractivity contribution in [1.29, 1.82) is 0 Å². The van der Waals surface area contributed by atoms with Gasteiger partial charge in [-0.3, -0.25) is 0 Å². The molecule has 0 fully saturated rings. The molecule has 0 saturated carbocycles. The maximum Gasteiger partial charge on any atom is 0.388 e. The van der Waals surface area contributed by atoms with E-state index < -0.39 is 12.6 Å². The molecule has 2 rings (SSSR count). The van der Waals surface area contributed by atoms with Gasteiger partial charge in [-0.25, -0.2) is 14.8 Å². The molecule has 2 aromatic rings. The van der Waals surface area contributed by atoms with E-state index in [1.54, 1.807) is 0 Å². The monoisotopic (exact) mass is 286 g/mol. The maximum absolute atomic E-state index is 11.9. The fourth-order valence-corrected chi connectivity index (χ4v) is 1.23. The largest absolute Gasteiger partial charge is 0.482 e. The van der Waals surface area contributed by atoms with Gasteiger partial charge in [0.15, 0.2) is 12.3 Å². The first-order chi connectivity index (χ1) is 9.54. The molecule has 0 aliphatic heterocycles. The Kier molecular flexibility index (Phi) is 4.08. The zero-order chi connectivity index (χ0) is 14.5. The third kappa shape index (κ3) is 3.64. The molecule has 0 unspecified atom stereocenters. The van der Waals surface area contributed by atoms with E-state index in [2.05, 4.69) is 14.7 Å². The second-order valence-electron chi connectivity index (χ2n) is 3.43. The number of rotatable bonds is 6. The molecule has 0 saturated heterocycles. The molecule has 0 radical (unpaired) electrons. The molecule has 0 aliphatic carbocycles. The van der Waals surface area contributed by atoms with Crippen molar-refractivity contribution < 1.29 is 32.6 Å². The summed E-state index contributed by atoms with van der Waals surface area (Å²) in [5.74, 6) is -1.12. The molecule has 0 bridgehead atoms. The Balaban J connectivity index is 1.91. The van der Waals surface area contributed by atoms with Crippen LogP contribution in [-0.2, 0) is 6.61 Å². The van der Waals surface area contributed by atoms with Gasteiger partial charge in [-0.15, -0.1) is 0 Å². The smallest absolute Gasteiger partial charge is 0.388 e. The Bertz CT molecular complexity index is 585. The summed E-state index contributed by atoms with van der Waals surface area (Å²) >= 11 is 0. The van der Waals surface area contributed by atoms with E-state index in [1.165, 1.54) is 18.3 Å². The van der Waals surface area contributed by atoms with E-state index in [1.807, 2.05) is 0 Å². The highest BCUT2D eigenvalue weighted by atomic mass is 19.3. The van der Waals surface area contributed by atoms with Gasteiger partial charge in [-0.1, -0.05) is 0 Å². The molecule has 2 heterocycles. The fourth-order valence-electron chi connectivity index (χ4n) is 1.23. The van der Waals surface area contributed by atoms with Gasteiger partial charge >= 0.3 is 12.6 Å². The van der Waals surface area contributed by atoms with Crippen LogP contribution in [0.2, 0.25) is 0 Å². The second kappa shape index (κ2) is 5.95.